The molecule has 172 valence electrons. The van der Waals surface area contributed by atoms with Crippen molar-refractivity contribution in [3.8, 4) is 5.88 Å². The van der Waals surface area contributed by atoms with Crippen LogP contribution in [-0.2, 0) is 20.9 Å². The van der Waals surface area contributed by atoms with Crippen LogP contribution in [0.3, 0.4) is 0 Å². The molecule has 9 heteroatoms. The number of esters is 1. The molecule has 1 aromatic carbocycles. The summed E-state index contributed by atoms with van der Waals surface area (Å²) in [5, 5.41) is 14.7. The molecule has 1 aliphatic rings. The lowest BCUT2D eigenvalue weighted by atomic mass is 9.86. The molecule has 0 atom stereocenters. The molecule has 1 saturated carbocycles. The average Bonchev–Trinajstić information content (AvgIpc) is 2.80. The molecule has 0 bridgehead atoms. The summed E-state index contributed by atoms with van der Waals surface area (Å²) < 4.78 is 16.3. The molecule has 1 heterocycles. The van der Waals surface area contributed by atoms with Gasteiger partial charge in [0.05, 0.1) is 30.7 Å². The number of rotatable bonds is 11. The van der Waals surface area contributed by atoms with Gasteiger partial charge in [-0.05, 0) is 38.2 Å². The number of hydrogen-bond donors (Lipinski definition) is 1. The number of carbonyl (C=O) groups excluding carboxylic acids is 1. The van der Waals surface area contributed by atoms with E-state index in [4.69, 9.17) is 14.2 Å². The zero-order valence-electron chi connectivity index (χ0n) is 18.2. The third-order valence-electron chi connectivity index (χ3n) is 5.35. The minimum absolute atomic E-state index is 0.0313. The number of benzene rings is 1. The second-order valence-corrected chi connectivity index (χ2v) is 7.63. The van der Waals surface area contributed by atoms with Crippen molar-refractivity contribution < 1.29 is 23.9 Å². The molecule has 0 unspecified atom stereocenters. The number of carbonyl (C=O) groups is 1. The van der Waals surface area contributed by atoms with E-state index in [1.54, 1.807) is 13.0 Å². The third-order valence-corrected chi connectivity index (χ3v) is 5.35. The molecular formula is C23H29N3O6. The summed E-state index contributed by atoms with van der Waals surface area (Å²) in [6, 6.07) is 11.4. The van der Waals surface area contributed by atoms with Crippen LogP contribution in [0.1, 0.15) is 38.2 Å². The Bertz CT molecular complexity index is 885. The summed E-state index contributed by atoms with van der Waals surface area (Å²) in [6.07, 6.45) is 4.04. The number of nitrogens with one attached hydrogen (secondary N) is 1. The van der Waals surface area contributed by atoms with Crippen molar-refractivity contribution in [3.63, 3.8) is 0 Å². The van der Waals surface area contributed by atoms with E-state index >= 15 is 0 Å². The number of pyridine rings is 1. The Kier molecular flexibility index (Phi) is 8.79. The molecule has 0 amide bonds. The second kappa shape index (κ2) is 12.0. The molecule has 0 spiro atoms. The molecule has 1 N–H and O–H groups in total. The largest absolute Gasteiger partial charge is 0.475 e. The van der Waals surface area contributed by atoms with Gasteiger partial charge >= 0.3 is 11.7 Å². The predicted molar refractivity (Wildman–Crippen MR) is 118 cm³/mol. The van der Waals surface area contributed by atoms with E-state index in [-0.39, 0.29) is 30.2 Å². The Morgan fingerprint density at radius 1 is 1.19 bits per heavy atom. The molecule has 9 nitrogen and oxygen atoms in total. The van der Waals surface area contributed by atoms with E-state index in [9.17, 15) is 14.9 Å². The average molecular weight is 444 g/mol. The lowest BCUT2D eigenvalue weighted by molar-refractivity contribution is -0.384. The van der Waals surface area contributed by atoms with Gasteiger partial charge in [0.25, 0.3) is 0 Å². The van der Waals surface area contributed by atoms with E-state index in [1.807, 2.05) is 30.3 Å². The maximum atomic E-state index is 11.9. The smallest absolute Gasteiger partial charge is 0.310 e. The quantitative estimate of drug-likeness (QED) is 0.239. The Hall–Kier alpha value is -3.20. The van der Waals surface area contributed by atoms with E-state index in [1.165, 1.54) is 6.20 Å². The molecule has 0 radical (unpaired) electrons. The van der Waals surface area contributed by atoms with Crippen molar-refractivity contribution in [2.45, 2.75) is 45.3 Å². The summed E-state index contributed by atoms with van der Waals surface area (Å²) in [5.74, 6) is 0.0304. The van der Waals surface area contributed by atoms with E-state index < -0.39 is 4.92 Å². The van der Waals surface area contributed by atoms with E-state index in [0.717, 1.165) is 18.4 Å². The second-order valence-electron chi connectivity index (χ2n) is 7.63. The maximum Gasteiger partial charge on any atom is 0.310 e. The normalized spacial score (nSPS) is 18.0. The monoisotopic (exact) mass is 443 g/mol. The number of ether oxygens (including phenoxy) is 3. The van der Waals surface area contributed by atoms with Gasteiger partial charge in [-0.3, -0.25) is 14.9 Å². The highest BCUT2D eigenvalue weighted by molar-refractivity contribution is 5.72. The molecule has 0 saturated heterocycles. The van der Waals surface area contributed by atoms with Gasteiger partial charge < -0.3 is 19.5 Å². The van der Waals surface area contributed by atoms with Gasteiger partial charge in [-0.15, -0.1) is 0 Å². The molecule has 1 fully saturated rings. The lowest BCUT2D eigenvalue weighted by Crippen LogP contribution is -2.30. The van der Waals surface area contributed by atoms with Gasteiger partial charge in [-0.2, -0.15) is 0 Å². The van der Waals surface area contributed by atoms with Crippen LogP contribution in [0, 0.1) is 16.0 Å². The topological polar surface area (TPSA) is 113 Å². The molecule has 1 aliphatic carbocycles. The third kappa shape index (κ3) is 6.91. The van der Waals surface area contributed by atoms with Gasteiger partial charge in [-0.1, -0.05) is 30.3 Å². The lowest BCUT2D eigenvalue weighted by Gasteiger charge is -2.28. The zero-order valence-corrected chi connectivity index (χ0v) is 18.2. The van der Waals surface area contributed by atoms with Gasteiger partial charge in [0.15, 0.2) is 0 Å². The zero-order chi connectivity index (χ0) is 22.8. The van der Waals surface area contributed by atoms with Gasteiger partial charge in [0.1, 0.15) is 18.5 Å². The van der Waals surface area contributed by atoms with Crippen molar-refractivity contribution in [1.29, 1.82) is 0 Å². The standard InChI is InChI=1S/C23H29N3O6/c1-2-31-23(27)18-8-10-19(11-9-18)25-20-14-22(24-15-21(20)26(28)29)32-13-12-30-16-17-6-4-3-5-7-17/h3-7,14-15,18-19H,2,8-13,16H2,1H3,(H,24,25). The molecule has 0 aliphatic heterocycles. The van der Waals surface area contributed by atoms with Gasteiger partial charge in [-0.25, -0.2) is 4.98 Å². The number of nitrogens with zero attached hydrogens (tertiary/aromatic N) is 2. The highest BCUT2D eigenvalue weighted by Crippen LogP contribution is 2.32. The van der Waals surface area contributed by atoms with Gasteiger partial charge in [0.2, 0.25) is 5.88 Å². The fraction of sp³-hybridized carbons (Fsp3) is 0.478. The predicted octanol–water partition coefficient (Wildman–Crippen LogP) is 4.12. The Labute approximate surface area is 187 Å². The first kappa shape index (κ1) is 23.5. The van der Waals surface area contributed by atoms with Crippen molar-refractivity contribution in [1.82, 2.24) is 4.98 Å². The minimum atomic E-state index is -0.466. The van der Waals surface area contributed by atoms with Crippen LogP contribution >= 0.6 is 0 Å². The van der Waals surface area contributed by atoms with Crippen molar-refractivity contribution in [2.24, 2.45) is 5.92 Å². The van der Waals surface area contributed by atoms with Crippen LogP contribution in [-0.4, -0.2) is 41.7 Å². The van der Waals surface area contributed by atoms with E-state index in [0.29, 0.717) is 44.2 Å². The number of hydrogen-bond acceptors (Lipinski definition) is 8. The number of anilines is 1. The van der Waals surface area contributed by atoms with Crippen LogP contribution in [0.2, 0.25) is 0 Å². The van der Waals surface area contributed by atoms with Crippen LogP contribution in [0.4, 0.5) is 11.4 Å². The summed E-state index contributed by atoms with van der Waals surface area (Å²) in [5.41, 5.74) is 1.33. The Morgan fingerprint density at radius 2 is 1.94 bits per heavy atom. The molecular weight excluding hydrogens is 414 g/mol. The van der Waals surface area contributed by atoms with E-state index in [2.05, 4.69) is 10.3 Å². The summed E-state index contributed by atoms with van der Waals surface area (Å²) >= 11 is 0. The summed E-state index contributed by atoms with van der Waals surface area (Å²) in [4.78, 5) is 26.9. The van der Waals surface area contributed by atoms with Crippen LogP contribution < -0.4 is 10.1 Å². The van der Waals surface area contributed by atoms with Crippen LogP contribution in [0.25, 0.3) is 0 Å². The fourth-order valence-corrected chi connectivity index (χ4v) is 3.69. The summed E-state index contributed by atoms with van der Waals surface area (Å²) in [7, 11) is 0. The number of aromatic nitrogens is 1. The fourth-order valence-electron chi connectivity index (χ4n) is 3.69. The van der Waals surface area contributed by atoms with Crippen molar-refractivity contribution >= 4 is 17.3 Å². The highest BCUT2D eigenvalue weighted by atomic mass is 16.6. The highest BCUT2D eigenvalue weighted by Gasteiger charge is 2.28. The molecule has 2 aromatic rings. The molecule has 1 aromatic heterocycles. The molecule has 3 rings (SSSR count). The Morgan fingerprint density at radius 3 is 2.62 bits per heavy atom. The molecule has 32 heavy (non-hydrogen) atoms. The minimum Gasteiger partial charge on any atom is -0.475 e. The summed E-state index contributed by atoms with van der Waals surface area (Å²) in [6.45, 7) is 3.30. The van der Waals surface area contributed by atoms with Crippen molar-refractivity contribution in [2.75, 3.05) is 25.1 Å². The SMILES string of the molecule is CCOC(=O)C1CCC(Nc2cc(OCCOCc3ccccc3)ncc2[N+](=O)[O-])CC1. The number of nitro groups is 1. The maximum absolute atomic E-state index is 11.9. The Balaban J connectivity index is 1.51. The first-order valence-electron chi connectivity index (χ1n) is 10.9. The van der Waals surface area contributed by atoms with Gasteiger partial charge in [0, 0.05) is 12.1 Å². The first-order valence-corrected chi connectivity index (χ1v) is 10.9. The van der Waals surface area contributed by atoms with Crippen LogP contribution in [0.5, 0.6) is 5.88 Å². The first-order chi connectivity index (χ1) is 15.6. The van der Waals surface area contributed by atoms with Crippen molar-refractivity contribution in [3.05, 3.63) is 58.3 Å². The van der Waals surface area contributed by atoms with Crippen LogP contribution in [0.15, 0.2) is 42.6 Å².